The Kier molecular flexibility index (Phi) is 11.0. The molecule has 1 heterocycles. The molecule has 1 aliphatic rings. The fraction of sp³-hybridized carbons (Fsp3) is 0.286. The second kappa shape index (κ2) is 13.5. The number of nitrogens with two attached hydrogens (primary N) is 1. The highest BCUT2D eigenvalue weighted by molar-refractivity contribution is 5.79. The van der Waals surface area contributed by atoms with Crippen molar-refractivity contribution in [1.82, 2.24) is 5.32 Å². The molecule has 0 bridgehead atoms. The van der Waals surface area contributed by atoms with Gasteiger partial charge in [0, 0.05) is 18.3 Å². The normalized spacial score (nSPS) is 13.9. The maximum Gasteiger partial charge on any atom is 0.317 e. The van der Waals surface area contributed by atoms with Gasteiger partial charge in [0.05, 0.1) is 25.2 Å². The SMILES string of the molecule is CCC1C=CNC(N)=N1.COc1ccc([N+](=O)OC)cc1.COc1ccccc1F. The van der Waals surface area contributed by atoms with E-state index in [0.717, 1.165) is 6.42 Å². The summed E-state index contributed by atoms with van der Waals surface area (Å²) in [5, 5.41) is 2.79. The molecule has 0 saturated carbocycles. The molecule has 0 radical (unpaired) electrons. The smallest absolute Gasteiger partial charge is 0.317 e. The first-order valence-corrected chi connectivity index (χ1v) is 9.15. The van der Waals surface area contributed by atoms with E-state index >= 15 is 0 Å². The lowest BCUT2D eigenvalue weighted by atomic mass is 10.2. The quantitative estimate of drug-likeness (QED) is 0.717. The third-order valence-electron chi connectivity index (χ3n) is 3.78. The fourth-order valence-corrected chi connectivity index (χ4v) is 2.15. The highest BCUT2D eigenvalue weighted by atomic mass is 19.1. The predicted molar refractivity (Wildman–Crippen MR) is 114 cm³/mol. The van der Waals surface area contributed by atoms with Crippen molar-refractivity contribution in [3.63, 3.8) is 0 Å². The summed E-state index contributed by atoms with van der Waals surface area (Å²) in [5.41, 5.74) is 5.83. The van der Waals surface area contributed by atoms with E-state index in [1.54, 1.807) is 49.6 Å². The van der Waals surface area contributed by atoms with E-state index in [9.17, 15) is 9.30 Å². The number of hydrogen-bond acceptors (Lipinski definition) is 7. The summed E-state index contributed by atoms with van der Waals surface area (Å²) in [7, 11) is 4.33. The van der Waals surface area contributed by atoms with Crippen LogP contribution in [0.3, 0.4) is 0 Å². The van der Waals surface area contributed by atoms with Crippen molar-refractivity contribution in [2.45, 2.75) is 19.4 Å². The maximum absolute atomic E-state index is 12.5. The van der Waals surface area contributed by atoms with Crippen LogP contribution in [-0.2, 0) is 4.84 Å². The van der Waals surface area contributed by atoms with E-state index in [0.29, 0.717) is 22.3 Å². The standard InChI is InChI=1S/C8H10NO3.C7H7FO.C6H11N3/c1-11-8-5-3-7(4-6-8)9(10)12-2;1-9-7-5-3-2-4-6(7)8;1-2-5-3-4-8-6(7)9-5/h3-6H,1-2H3;2-5H,1H3;3-5H,2H2,1H3,(H3,7,8,9)/q+1;;. The monoisotopic (exact) mass is 419 g/mol. The van der Waals surface area contributed by atoms with Crippen LogP contribution in [-0.4, -0.2) is 38.3 Å². The van der Waals surface area contributed by atoms with E-state index < -0.39 is 0 Å². The first-order chi connectivity index (χ1) is 14.4. The average molecular weight is 419 g/mol. The number of aliphatic imine (C=N–C) groups is 1. The van der Waals surface area contributed by atoms with E-state index in [2.05, 4.69) is 26.8 Å². The van der Waals surface area contributed by atoms with Crippen molar-refractivity contribution in [2.75, 3.05) is 21.3 Å². The molecule has 1 atom stereocenters. The number of methoxy groups -OCH3 is 2. The molecular formula is C21H28FN4O4+. The van der Waals surface area contributed by atoms with E-state index in [-0.39, 0.29) is 17.6 Å². The van der Waals surface area contributed by atoms with Gasteiger partial charge in [0.1, 0.15) is 5.75 Å². The molecule has 0 aromatic heterocycles. The average Bonchev–Trinajstić information content (AvgIpc) is 2.79. The summed E-state index contributed by atoms with van der Waals surface area (Å²) < 4.78 is 22.1. The third kappa shape index (κ3) is 8.59. The molecule has 2 aromatic rings. The number of para-hydroxylation sites is 1. The number of guanidine groups is 1. The number of halogens is 1. The zero-order chi connectivity index (χ0) is 22.4. The second-order valence-electron chi connectivity index (χ2n) is 5.77. The largest absolute Gasteiger partial charge is 0.497 e. The number of nitrogens with zero attached hydrogens (tertiary/aromatic N) is 2. The molecule has 1 aliphatic heterocycles. The van der Waals surface area contributed by atoms with Crippen molar-refractivity contribution in [3.8, 4) is 11.5 Å². The molecule has 0 spiro atoms. The molecule has 162 valence electrons. The predicted octanol–water partition coefficient (Wildman–Crippen LogP) is 3.70. The first-order valence-electron chi connectivity index (χ1n) is 9.15. The molecular weight excluding hydrogens is 391 g/mol. The van der Waals surface area contributed by atoms with Gasteiger partial charge >= 0.3 is 5.69 Å². The van der Waals surface area contributed by atoms with Crippen molar-refractivity contribution < 1.29 is 23.6 Å². The Labute approximate surface area is 175 Å². The Morgan fingerprint density at radius 3 is 2.20 bits per heavy atom. The molecule has 8 nitrogen and oxygen atoms in total. The van der Waals surface area contributed by atoms with E-state index in [4.69, 9.17) is 10.5 Å². The zero-order valence-electron chi connectivity index (χ0n) is 17.5. The van der Waals surface area contributed by atoms with Crippen LogP contribution in [0, 0.1) is 10.7 Å². The summed E-state index contributed by atoms with van der Waals surface area (Å²) in [5.74, 6) is 1.20. The van der Waals surface area contributed by atoms with Crippen LogP contribution in [0.4, 0.5) is 10.1 Å². The van der Waals surface area contributed by atoms with Gasteiger partial charge in [-0.1, -0.05) is 19.1 Å². The van der Waals surface area contributed by atoms with Gasteiger partial charge in [0.25, 0.3) is 4.92 Å². The molecule has 9 heteroatoms. The number of hydrogen-bond donors (Lipinski definition) is 2. The van der Waals surface area contributed by atoms with Gasteiger partial charge in [0.15, 0.2) is 24.6 Å². The Bertz CT molecular complexity index is 841. The lowest BCUT2D eigenvalue weighted by molar-refractivity contribution is -0.736. The van der Waals surface area contributed by atoms with Gasteiger partial charge in [-0.15, -0.1) is 0 Å². The Morgan fingerprint density at radius 1 is 1.10 bits per heavy atom. The molecule has 0 amide bonds. The number of rotatable bonds is 5. The third-order valence-corrected chi connectivity index (χ3v) is 3.78. The number of ether oxygens (including phenoxy) is 2. The molecule has 0 saturated heterocycles. The van der Waals surface area contributed by atoms with Gasteiger partial charge < -0.3 is 20.5 Å². The molecule has 3 rings (SSSR count). The van der Waals surface area contributed by atoms with Crippen molar-refractivity contribution >= 4 is 11.6 Å². The first kappa shape index (κ1) is 24.4. The van der Waals surface area contributed by atoms with Crippen LogP contribution in [0.2, 0.25) is 0 Å². The summed E-state index contributed by atoms with van der Waals surface area (Å²) in [6, 6.07) is 13.2. The van der Waals surface area contributed by atoms with Gasteiger partial charge in [0.2, 0.25) is 0 Å². The topological polar surface area (TPSA) is 98.2 Å². The molecule has 0 fully saturated rings. The molecule has 2 aromatic carbocycles. The fourth-order valence-electron chi connectivity index (χ4n) is 2.15. The second-order valence-corrected chi connectivity index (χ2v) is 5.77. The van der Waals surface area contributed by atoms with Crippen LogP contribution in [0.15, 0.2) is 65.8 Å². The van der Waals surface area contributed by atoms with Crippen molar-refractivity contribution in [3.05, 3.63) is 71.5 Å². The van der Waals surface area contributed by atoms with Crippen LogP contribution in [0.5, 0.6) is 11.5 Å². The lowest BCUT2D eigenvalue weighted by Crippen LogP contribution is -2.31. The lowest BCUT2D eigenvalue weighted by Gasteiger charge is -2.10. The van der Waals surface area contributed by atoms with Gasteiger partial charge in [-0.05, 0) is 36.8 Å². The van der Waals surface area contributed by atoms with Crippen LogP contribution in [0.1, 0.15) is 13.3 Å². The molecule has 3 N–H and O–H groups in total. The van der Waals surface area contributed by atoms with Crippen molar-refractivity contribution in [1.29, 1.82) is 0 Å². The minimum Gasteiger partial charge on any atom is -0.497 e. The Morgan fingerprint density at radius 2 is 1.77 bits per heavy atom. The molecule has 0 aliphatic carbocycles. The van der Waals surface area contributed by atoms with E-state index in [1.807, 2.05) is 12.3 Å². The summed E-state index contributed by atoms with van der Waals surface area (Å²) in [6.45, 7) is 2.08. The number of benzene rings is 2. The summed E-state index contributed by atoms with van der Waals surface area (Å²) in [6.07, 6.45) is 4.84. The van der Waals surface area contributed by atoms with Gasteiger partial charge in [-0.25, -0.2) is 14.2 Å². The highest BCUT2D eigenvalue weighted by Gasteiger charge is 2.12. The highest BCUT2D eigenvalue weighted by Crippen LogP contribution is 2.17. The minimum atomic E-state index is -0.319. The minimum absolute atomic E-state index is 0.284. The van der Waals surface area contributed by atoms with Crippen LogP contribution >= 0.6 is 0 Å². The van der Waals surface area contributed by atoms with Gasteiger partial charge in [-0.3, -0.25) is 0 Å². The van der Waals surface area contributed by atoms with Crippen molar-refractivity contribution in [2.24, 2.45) is 10.7 Å². The number of nitrogens with one attached hydrogen (secondary N) is 1. The van der Waals surface area contributed by atoms with Crippen LogP contribution < -0.4 is 20.5 Å². The molecule has 30 heavy (non-hydrogen) atoms. The summed E-state index contributed by atoms with van der Waals surface area (Å²) >= 11 is 0. The Hall–Kier alpha value is -3.62. The maximum atomic E-state index is 12.5. The van der Waals surface area contributed by atoms with Gasteiger partial charge in [-0.2, -0.15) is 0 Å². The van der Waals surface area contributed by atoms with Crippen LogP contribution in [0.25, 0.3) is 0 Å². The Balaban J connectivity index is 0.000000229. The molecule has 1 unspecified atom stereocenters. The van der Waals surface area contributed by atoms with E-state index in [1.165, 1.54) is 20.3 Å². The summed E-state index contributed by atoms with van der Waals surface area (Å²) in [4.78, 5) is 19.8. The zero-order valence-corrected chi connectivity index (χ0v) is 17.5.